The highest BCUT2D eigenvalue weighted by atomic mass is 16.5. The van der Waals surface area contributed by atoms with Crippen LogP contribution in [0.15, 0.2) is 0 Å². The Balaban J connectivity index is 3.73. The van der Waals surface area contributed by atoms with Crippen LogP contribution < -0.4 is 5.32 Å². The standard InChI is InChI=1S/C10H19NO/c1-5-8-11-10(6-2)9(4)12-7-3/h2,9-11H,5,7-8H2,1,3-4H3. The van der Waals surface area contributed by atoms with Crippen LogP contribution >= 0.6 is 0 Å². The average Bonchev–Trinajstić information content (AvgIpc) is 2.06. The highest BCUT2D eigenvalue weighted by Gasteiger charge is 2.12. The molecule has 0 aromatic rings. The molecule has 0 aliphatic carbocycles. The van der Waals surface area contributed by atoms with Crippen molar-refractivity contribution in [1.29, 1.82) is 0 Å². The van der Waals surface area contributed by atoms with Gasteiger partial charge in [0, 0.05) is 6.61 Å². The molecule has 2 atom stereocenters. The van der Waals surface area contributed by atoms with Crippen LogP contribution in [-0.4, -0.2) is 25.3 Å². The molecule has 0 aliphatic heterocycles. The van der Waals surface area contributed by atoms with Crippen LogP contribution in [0.4, 0.5) is 0 Å². The van der Waals surface area contributed by atoms with Gasteiger partial charge in [-0.15, -0.1) is 6.42 Å². The summed E-state index contributed by atoms with van der Waals surface area (Å²) in [5.74, 6) is 2.69. The zero-order valence-corrected chi connectivity index (χ0v) is 8.26. The molecule has 12 heavy (non-hydrogen) atoms. The van der Waals surface area contributed by atoms with Crippen LogP contribution in [0.3, 0.4) is 0 Å². The first-order chi connectivity index (χ1) is 5.76. The first-order valence-corrected chi connectivity index (χ1v) is 4.57. The molecule has 0 aromatic carbocycles. The summed E-state index contributed by atoms with van der Waals surface area (Å²) < 4.78 is 5.39. The molecule has 0 saturated carbocycles. The zero-order valence-electron chi connectivity index (χ0n) is 8.26. The van der Waals surface area contributed by atoms with Crippen molar-refractivity contribution in [2.75, 3.05) is 13.2 Å². The van der Waals surface area contributed by atoms with E-state index in [0.29, 0.717) is 6.61 Å². The second-order valence-corrected chi connectivity index (χ2v) is 2.76. The van der Waals surface area contributed by atoms with E-state index in [1.54, 1.807) is 0 Å². The highest BCUT2D eigenvalue weighted by molar-refractivity contribution is 5.01. The summed E-state index contributed by atoms with van der Waals surface area (Å²) in [5.41, 5.74) is 0. The molecule has 1 N–H and O–H groups in total. The molecule has 0 bridgehead atoms. The maximum Gasteiger partial charge on any atom is 0.0949 e. The maximum absolute atomic E-state index is 5.39. The molecule has 0 heterocycles. The van der Waals surface area contributed by atoms with Crippen molar-refractivity contribution in [3.05, 3.63) is 0 Å². The predicted molar refractivity (Wildman–Crippen MR) is 52.0 cm³/mol. The van der Waals surface area contributed by atoms with Gasteiger partial charge in [0.1, 0.15) is 0 Å². The van der Waals surface area contributed by atoms with Crippen LogP contribution in [0.2, 0.25) is 0 Å². The van der Waals surface area contributed by atoms with Crippen LogP contribution in [-0.2, 0) is 4.74 Å². The van der Waals surface area contributed by atoms with Gasteiger partial charge in [-0.2, -0.15) is 0 Å². The molecule has 0 spiro atoms. The summed E-state index contributed by atoms with van der Waals surface area (Å²) in [4.78, 5) is 0. The van der Waals surface area contributed by atoms with Crippen molar-refractivity contribution in [2.45, 2.75) is 39.3 Å². The van der Waals surface area contributed by atoms with E-state index in [1.165, 1.54) is 0 Å². The van der Waals surface area contributed by atoms with Gasteiger partial charge in [-0.3, -0.25) is 0 Å². The van der Waals surface area contributed by atoms with Gasteiger partial charge >= 0.3 is 0 Å². The molecule has 0 fully saturated rings. The third kappa shape index (κ3) is 4.38. The second-order valence-electron chi connectivity index (χ2n) is 2.76. The average molecular weight is 169 g/mol. The van der Waals surface area contributed by atoms with Crippen LogP contribution in [0.25, 0.3) is 0 Å². The van der Waals surface area contributed by atoms with E-state index in [9.17, 15) is 0 Å². The van der Waals surface area contributed by atoms with Crippen molar-refractivity contribution in [3.8, 4) is 12.3 Å². The third-order valence-electron chi connectivity index (χ3n) is 1.69. The van der Waals surface area contributed by atoms with Crippen LogP contribution in [0.5, 0.6) is 0 Å². The molecule has 0 saturated heterocycles. The SMILES string of the molecule is C#CC(NCCC)C(C)OCC. The molecular formula is C10H19NO. The molecule has 0 rings (SSSR count). The smallest absolute Gasteiger partial charge is 0.0949 e. The quantitative estimate of drug-likeness (QED) is 0.607. The van der Waals surface area contributed by atoms with E-state index >= 15 is 0 Å². The molecule has 0 aliphatic rings. The first-order valence-electron chi connectivity index (χ1n) is 4.57. The monoisotopic (exact) mass is 169 g/mol. The molecule has 0 amide bonds. The Morgan fingerprint density at radius 1 is 1.50 bits per heavy atom. The minimum atomic E-state index is 0.0462. The molecule has 0 aromatic heterocycles. The van der Waals surface area contributed by atoms with E-state index in [2.05, 4.69) is 18.2 Å². The van der Waals surface area contributed by atoms with E-state index in [1.807, 2.05) is 13.8 Å². The van der Waals surface area contributed by atoms with E-state index in [0.717, 1.165) is 13.0 Å². The molecule has 70 valence electrons. The Morgan fingerprint density at radius 3 is 2.58 bits per heavy atom. The van der Waals surface area contributed by atoms with E-state index in [-0.39, 0.29) is 12.1 Å². The molecular weight excluding hydrogens is 150 g/mol. The number of hydrogen-bond acceptors (Lipinski definition) is 2. The number of nitrogens with one attached hydrogen (secondary N) is 1. The predicted octanol–water partition coefficient (Wildman–Crippen LogP) is 1.41. The largest absolute Gasteiger partial charge is 0.376 e. The van der Waals surface area contributed by atoms with E-state index < -0.39 is 0 Å². The fourth-order valence-corrected chi connectivity index (χ4v) is 1.02. The minimum absolute atomic E-state index is 0.0462. The highest BCUT2D eigenvalue weighted by Crippen LogP contribution is 1.97. The number of rotatable bonds is 6. The van der Waals surface area contributed by atoms with Crippen molar-refractivity contribution in [2.24, 2.45) is 0 Å². The summed E-state index contributed by atoms with van der Waals surface area (Å²) in [6.45, 7) is 7.76. The van der Waals surface area contributed by atoms with Gasteiger partial charge in [0.15, 0.2) is 0 Å². The Hall–Kier alpha value is -0.520. The fraction of sp³-hybridized carbons (Fsp3) is 0.800. The van der Waals surface area contributed by atoms with Gasteiger partial charge in [-0.1, -0.05) is 12.8 Å². The van der Waals surface area contributed by atoms with Gasteiger partial charge < -0.3 is 10.1 Å². The summed E-state index contributed by atoms with van der Waals surface area (Å²) in [5, 5.41) is 3.24. The van der Waals surface area contributed by atoms with Gasteiger partial charge in [0.2, 0.25) is 0 Å². The Kier molecular flexibility index (Phi) is 6.84. The third-order valence-corrected chi connectivity index (χ3v) is 1.69. The Morgan fingerprint density at radius 2 is 2.17 bits per heavy atom. The molecule has 2 unspecified atom stereocenters. The van der Waals surface area contributed by atoms with Crippen molar-refractivity contribution >= 4 is 0 Å². The first kappa shape index (κ1) is 11.5. The van der Waals surface area contributed by atoms with Crippen LogP contribution in [0.1, 0.15) is 27.2 Å². The summed E-state index contributed by atoms with van der Waals surface area (Å²) in [6, 6.07) is 0.0462. The maximum atomic E-state index is 5.39. The summed E-state index contributed by atoms with van der Waals surface area (Å²) in [6.07, 6.45) is 6.55. The van der Waals surface area contributed by atoms with Crippen molar-refractivity contribution in [1.82, 2.24) is 5.32 Å². The van der Waals surface area contributed by atoms with Gasteiger partial charge in [0.05, 0.1) is 12.1 Å². The summed E-state index contributed by atoms with van der Waals surface area (Å²) in [7, 11) is 0. The normalized spacial score (nSPS) is 15.2. The van der Waals surface area contributed by atoms with Crippen LogP contribution in [0, 0.1) is 12.3 Å². The lowest BCUT2D eigenvalue weighted by Crippen LogP contribution is -2.39. The minimum Gasteiger partial charge on any atom is -0.376 e. The Labute approximate surface area is 75.7 Å². The topological polar surface area (TPSA) is 21.3 Å². The van der Waals surface area contributed by atoms with Gasteiger partial charge in [-0.05, 0) is 26.8 Å². The number of ether oxygens (including phenoxy) is 1. The summed E-state index contributed by atoms with van der Waals surface area (Å²) >= 11 is 0. The van der Waals surface area contributed by atoms with E-state index in [4.69, 9.17) is 11.2 Å². The lowest BCUT2D eigenvalue weighted by molar-refractivity contribution is 0.0615. The zero-order chi connectivity index (χ0) is 9.40. The molecule has 0 radical (unpaired) electrons. The number of hydrogen-bond donors (Lipinski definition) is 1. The fourth-order valence-electron chi connectivity index (χ4n) is 1.02. The van der Waals surface area contributed by atoms with Gasteiger partial charge in [0.25, 0.3) is 0 Å². The number of terminal acetylenes is 1. The van der Waals surface area contributed by atoms with Gasteiger partial charge in [-0.25, -0.2) is 0 Å². The lowest BCUT2D eigenvalue weighted by Gasteiger charge is -2.19. The van der Waals surface area contributed by atoms with Crippen molar-refractivity contribution < 1.29 is 4.74 Å². The molecule has 2 nitrogen and oxygen atoms in total. The molecule has 2 heteroatoms. The Bertz CT molecular complexity index is 139. The van der Waals surface area contributed by atoms with Crippen molar-refractivity contribution in [3.63, 3.8) is 0 Å². The lowest BCUT2D eigenvalue weighted by atomic mass is 10.2. The second kappa shape index (κ2) is 7.15.